The van der Waals surface area contributed by atoms with Crippen molar-refractivity contribution in [1.29, 1.82) is 0 Å². The van der Waals surface area contributed by atoms with E-state index >= 15 is 0 Å². The highest BCUT2D eigenvalue weighted by atomic mass is 16.5. The predicted molar refractivity (Wildman–Crippen MR) is 116 cm³/mol. The molecule has 0 radical (unpaired) electrons. The Morgan fingerprint density at radius 2 is 1.59 bits per heavy atom. The Kier molecular flexibility index (Phi) is 8.56. The van der Waals surface area contributed by atoms with Gasteiger partial charge in [-0.05, 0) is 31.3 Å². The van der Waals surface area contributed by atoms with E-state index in [2.05, 4.69) is 45.7 Å². The highest BCUT2D eigenvalue weighted by Crippen LogP contribution is 2.29. The Morgan fingerprint density at radius 1 is 0.931 bits per heavy atom. The number of β-amino-alcohol motifs (C(OH)–C–C–N with tert-alkyl or cyclic N) is 1. The van der Waals surface area contributed by atoms with Crippen molar-refractivity contribution in [3.8, 4) is 11.5 Å². The number of benzene rings is 1. The molecule has 3 rings (SSSR count). The number of hydrogen-bond acceptors (Lipinski definition) is 7. The molecule has 1 aromatic rings. The zero-order valence-electron chi connectivity index (χ0n) is 18.3. The van der Waals surface area contributed by atoms with Crippen molar-refractivity contribution in [1.82, 2.24) is 19.6 Å². The van der Waals surface area contributed by atoms with Crippen LogP contribution in [0.2, 0.25) is 0 Å². The minimum Gasteiger partial charge on any atom is -0.493 e. The van der Waals surface area contributed by atoms with Gasteiger partial charge in [0.2, 0.25) is 0 Å². The Labute approximate surface area is 175 Å². The summed E-state index contributed by atoms with van der Waals surface area (Å²) in [6.07, 6.45) is -0.506. The highest BCUT2D eigenvalue weighted by Gasteiger charge is 2.19. The van der Waals surface area contributed by atoms with Crippen molar-refractivity contribution in [3.63, 3.8) is 0 Å². The monoisotopic (exact) mass is 406 g/mol. The van der Waals surface area contributed by atoms with Crippen LogP contribution in [-0.2, 0) is 6.54 Å². The summed E-state index contributed by atoms with van der Waals surface area (Å²) in [4.78, 5) is 9.59. The number of piperazine rings is 2. The standard InChI is InChI=1S/C22H38N4O3/c1-4-24-11-13-25(14-12-24)16-19-5-6-21(28-3)22(15-19)29-18-20(27)17-26-9-7-23(2)8-10-26/h5-6,15,20,27H,4,7-14,16-18H2,1-3H3/t20-/m0/s1. The molecule has 2 aliphatic heterocycles. The van der Waals surface area contributed by atoms with Crippen LogP contribution in [0.4, 0.5) is 0 Å². The lowest BCUT2D eigenvalue weighted by molar-refractivity contribution is 0.0497. The van der Waals surface area contributed by atoms with Crippen LogP contribution in [0.25, 0.3) is 0 Å². The van der Waals surface area contributed by atoms with Crippen molar-refractivity contribution in [2.24, 2.45) is 0 Å². The first-order valence-electron chi connectivity index (χ1n) is 10.9. The minimum atomic E-state index is -0.506. The fourth-order valence-electron chi connectivity index (χ4n) is 4.02. The molecule has 2 aliphatic rings. The van der Waals surface area contributed by atoms with Crippen LogP contribution in [0, 0.1) is 0 Å². The predicted octanol–water partition coefficient (Wildman–Crippen LogP) is 0.820. The number of aliphatic hydroxyl groups is 1. The first-order chi connectivity index (χ1) is 14.1. The molecule has 0 bridgehead atoms. The summed E-state index contributed by atoms with van der Waals surface area (Å²) in [5, 5.41) is 10.4. The van der Waals surface area contributed by atoms with Gasteiger partial charge in [-0.2, -0.15) is 0 Å². The quantitative estimate of drug-likeness (QED) is 0.652. The van der Waals surface area contributed by atoms with E-state index in [0.29, 0.717) is 6.54 Å². The Bertz CT molecular complexity index is 614. The molecule has 2 fully saturated rings. The molecular weight excluding hydrogens is 368 g/mol. The molecular formula is C22H38N4O3. The SMILES string of the molecule is CCN1CCN(Cc2ccc(OC)c(OC[C@@H](O)CN3CCN(C)CC3)c2)CC1. The van der Waals surface area contributed by atoms with Crippen molar-refractivity contribution in [3.05, 3.63) is 23.8 Å². The van der Waals surface area contributed by atoms with Crippen LogP contribution >= 0.6 is 0 Å². The third-order valence-corrected chi connectivity index (χ3v) is 6.04. The van der Waals surface area contributed by atoms with Gasteiger partial charge < -0.3 is 24.4 Å². The van der Waals surface area contributed by atoms with Gasteiger partial charge >= 0.3 is 0 Å². The molecule has 0 unspecified atom stereocenters. The average molecular weight is 407 g/mol. The molecule has 7 nitrogen and oxygen atoms in total. The highest BCUT2D eigenvalue weighted by molar-refractivity contribution is 5.43. The molecule has 1 atom stereocenters. The van der Waals surface area contributed by atoms with Gasteiger partial charge in [0.25, 0.3) is 0 Å². The Morgan fingerprint density at radius 3 is 2.24 bits per heavy atom. The van der Waals surface area contributed by atoms with Crippen LogP contribution < -0.4 is 9.47 Å². The molecule has 0 aliphatic carbocycles. The van der Waals surface area contributed by atoms with Crippen molar-refractivity contribution < 1.29 is 14.6 Å². The normalized spacial score (nSPS) is 21.2. The van der Waals surface area contributed by atoms with Gasteiger partial charge in [0, 0.05) is 65.4 Å². The lowest BCUT2D eigenvalue weighted by Gasteiger charge is -2.34. The van der Waals surface area contributed by atoms with Gasteiger partial charge in [-0.1, -0.05) is 13.0 Å². The van der Waals surface area contributed by atoms with Crippen molar-refractivity contribution in [2.75, 3.05) is 86.2 Å². The van der Waals surface area contributed by atoms with Gasteiger partial charge in [-0.3, -0.25) is 9.80 Å². The number of rotatable bonds is 9. The second kappa shape index (κ2) is 11.1. The summed E-state index contributed by atoms with van der Waals surface area (Å²) in [6, 6.07) is 6.14. The number of likely N-dealkylation sites (N-methyl/N-ethyl adjacent to an activating group) is 2. The molecule has 7 heteroatoms. The first-order valence-corrected chi connectivity index (χ1v) is 10.9. The molecule has 164 valence electrons. The minimum absolute atomic E-state index is 0.279. The molecule has 0 aromatic heterocycles. The summed E-state index contributed by atoms with van der Waals surface area (Å²) in [5.41, 5.74) is 1.22. The lowest BCUT2D eigenvalue weighted by Crippen LogP contribution is -2.47. The van der Waals surface area contributed by atoms with E-state index in [1.807, 2.05) is 6.07 Å². The van der Waals surface area contributed by atoms with Gasteiger partial charge in [0.05, 0.1) is 7.11 Å². The third kappa shape index (κ3) is 6.83. The molecule has 2 saturated heterocycles. The van der Waals surface area contributed by atoms with E-state index < -0.39 is 6.10 Å². The second-order valence-electron chi connectivity index (χ2n) is 8.26. The molecule has 0 saturated carbocycles. The zero-order valence-corrected chi connectivity index (χ0v) is 18.3. The van der Waals surface area contributed by atoms with Crippen molar-refractivity contribution in [2.45, 2.75) is 19.6 Å². The fourth-order valence-corrected chi connectivity index (χ4v) is 4.02. The van der Waals surface area contributed by atoms with Crippen molar-refractivity contribution >= 4 is 0 Å². The summed E-state index contributed by atoms with van der Waals surface area (Å²) in [7, 11) is 3.80. The van der Waals surface area contributed by atoms with Crippen LogP contribution in [0.1, 0.15) is 12.5 Å². The fraction of sp³-hybridized carbons (Fsp3) is 0.727. The molecule has 2 heterocycles. The van der Waals surface area contributed by atoms with E-state index in [0.717, 1.165) is 76.9 Å². The van der Waals surface area contributed by atoms with Crippen LogP contribution in [0.15, 0.2) is 18.2 Å². The number of hydrogen-bond donors (Lipinski definition) is 1. The van der Waals surface area contributed by atoms with Crippen LogP contribution in [-0.4, -0.2) is 117 Å². The van der Waals surface area contributed by atoms with E-state index in [-0.39, 0.29) is 6.61 Å². The topological polar surface area (TPSA) is 51.7 Å². The number of aliphatic hydroxyl groups excluding tert-OH is 1. The third-order valence-electron chi connectivity index (χ3n) is 6.04. The van der Waals surface area contributed by atoms with Gasteiger partial charge in [-0.25, -0.2) is 0 Å². The lowest BCUT2D eigenvalue weighted by atomic mass is 10.1. The molecule has 29 heavy (non-hydrogen) atoms. The summed E-state index contributed by atoms with van der Waals surface area (Å²) in [5.74, 6) is 1.44. The van der Waals surface area contributed by atoms with E-state index in [9.17, 15) is 5.11 Å². The summed E-state index contributed by atoms with van der Waals surface area (Å²) < 4.78 is 11.4. The number of methoxy groups -OCH3 is 1. The van der Waals surface area contributed by atoms with Crippen LogP contribution in [0.3, 0.4) is 0 Å². The summed E-state index contributed by atoms with van der Waals surface area (Å²) >= 11 is 0. The Hall–Kier alpha value is -1.38. The zero-order chi connectivity index (χ0) is 20.6. The maximum atomic E-state index is 10.4. The van der Waals surface area contributed by atoms with Crippen LogP contribution in [0.5, 0.6) is 11.5 Å². The van der Waals surface area contributed by atoms with E-state index in [1.165, 1.54) is 5.56 Å². The smallest absolute Gasteiger partial charge is 0.161 e. The van der Waals surface area contributed by atoms with Gasteiger partial charge in [0.1, 0.15) is 12.7 Å². The number of ether oxygens (including phenoxy) is 2. The first kappa shape index (κ1) is 22.3. The molecule has 1 N–H and O–H groups in total. The summed E-state index contributed by atoms with van der Waals surface area (Å²) in [6.45, 7) is 13.8. The number of nitrogens with zero attached hydrogens (tertiary/aromatic N) is 4. The maximum absolute atomic E-state index is 10.4. The Balaban J connectivity index is 1.50. The largest absolute Gasteiger partial charge is 0.493 e. The molecule has 0 spiro atoms. The molecule has 0 amide bonds. The van der Waals surface area contributed by atoms with Gasteiger partial charge in [-0.15, -0.1) is 0 Å². The van der Waals surface area contributed by atoms with E-state index in [1.54, 1.807) is 7.11 Å². The second-order valence-corrected chi connectivity index (χ2v) is 8.26. The molecule has 1 aromatic carbocycles. The maximum Gasteiger partial charge on any atom is 0.161 e. The van der Waals surface area contributed by atoms with Gasteiger partial charge in [0.15, 0.2) is 11.5 Å². The average Bonchev–Trinajstić information content (AvgIpc) is 2.74. The van der Waals surface area contributed by atoms with E-state index in [4.69, 9.17) is 9.47 Å².